The number of ketones is 1. The van der Waals surface area contributed by atoms with Crippen LogP contribution in [-0.2, 0) is 4.79 Å². The van der Waals surface area contributed by atoms with E-state index in [-0.39, 0.29) is 11.7 Å². The quantitative estimate of drug-likeness (QED) is 0.771. The van der Waals surface area contributed by atoms with Crippen LogP contribution >= 0.6 is 0 Å². The molecule has 0 aliphatic carbocycles. The van der Waals surface area contributed by atoms with E-state index < -0.39 is 6.04 Å². The van der Waals surface area contributed by atoms with E-state index in [9.17, 15) is 10.0 Å². The number of rotatable bonds is 4. The zero-order chi connectivity index (χ0) is 11.4. The first-order valence-corrected chi connectivity index (χ1v) is 5.07. The Kier molecular flexibility index (Phi) is 3.86. The average molecular weight is 207 g/mol. The summed E-state index contributed by atoms with van der Waals surface area (Å²) in [6, 6.07) is 8.60. The SMILES string of the molecule is CC(=O)C(C(C)C)N(O)c1ccccc1. The second-order valence-corrected chi connectivity index (χ2v) is 3.98. The summed E-state index contributed by atoms with van der Waals surface area (Å²) in [6.45, 7) is 5.33. The smallest absolute Gasteiger partial charge is 0.155 e. The zero-order valence-electron chi connectivity index (χ0n) is 9.34. The van der Waals surface area contributed by atoms with Crippen LogP contribution in [0.5, 0.6) is 0 Å². The normalized spacial score (nSPS) is 12.6. The molecule has 0 radical (unpaired) electrons. The van der Waals surface area contributed by atoms with Gasteiger partial charge >= 0.3 is 0 Å². The van der Waals surface area contributed by atoms with Gasteiger partial charge in [-0.15, -0.1) is 0 Å². The highest BCUT2D eigenvalue weighted by molar-refractivity contribution is 5.84. The van der Waals surface area contributed by atoms with Crippen LogP contribution in [0.25, 0.3) is 0 Å². The van der Waals surface area contributed by atoms with E-state index in [1.807, 2.05) is 32.0 Å². The van der Waals surface area contributed by atoms with Crippen LogP contribution in [0.1, 0.15) is 20.8 Å². The molecule has 0 heterocycles. The molecule has 0 aromatic heterocycles. The molecule has 0 aliphatic heterocycles. The largest absolute Gasteiger partial charge is 0.298 e. The summed E-state index contributed by atoms with van der Waals surface area (Å²) in [5.41, 5.74) is 0.645. The summed E-state index contributed by atoms with van der Waals surface area (Å²) >= 11 is 0. The van der Waals surface area contributed by atoms with Crippen molar-refractivity contribution in [1.82, 2.24) is 0 Å². The maximum Gasteiger partial charge on any atom is 0.155 e. The second-order valence-electron chi connectivity index (χ2n) is 3.98. The molecular weight excluding hydrogens is 190 g/mol. The van der Waals surface area contributed by atoms with Crippen molar-refractivity contribution in [2.45, 2.75) is 26.8 Å². The third-order valence-electron chi connectivity index (χ3n) is 2.33. The molecular formula is C12H17NO2. The van der Waals surface area contributed by atoms with Gasteiger partial charge in [-0.25, -0.2) is 5.06 Å². The Bertz CT molecular complexity index is 322. The molecule has 0 fully saturated rings. The van der Waals surface area contributed by atoms with Crippen LogP contribution in [0.3, 0.4) is 0 Å². The number of carbonyl (C=O) groups excluding carboxylic acids is 1. The van der Waals surface area contributed by atoms with Gasteiger partial charge in [-0.05, 0) is 25.0 Å². The maximum atomic E-state index is 11.4. The molecule has 15 heavy (non-hydrogen) atoms. The van der Waals surface area contributed by atoms with Crippen molar-refractivity contribution in [3.05, 3.63) is 30.3 Å². The van der Waals surface area contributed by atoms with Gasteiger partial charge in [0, 0.05) is 0 Å². The van der Waals surface area contributed by atoms with Gasteiger partial charge in [0.25, 0.3) is 0 Å². The molecule has 1 aromatic rings. The average Bonchev–Trinajstić information content (AvgIpc) is 2.18. The zero-order valence-corrected chi connectivity index (χ0v) is 9.34. The van der Waals surface area contributed by atoms with Crippen LogP contribution in [0.4, 0.5) is 5.69 Å². The summed E-state index contributed by atoms with van der Waals surface area (Å²) in [5, 5.41) is 11.0. The second kappa shape index (κ2) is 4.94. The topological polar surface area (TPSA) is 40.5 Å². The molecule has 3 nitrogen and oxygen atoms in total. The van der Waals surface area contributed by atoms with E-state index in [4.69, 9.17) is 0 Å². The number of carbonyl (C=O) groups is 1. The standard InChI is InChI=1S/C12H17NO2/c1-9(2)12(10(3)14)13(15)11-7-5-4-6-8-11/h4-9,12,15H,1-3H3. The van der Waals surface area contributed by atoms with Gasteiger partial charge in [0.15, 0.2) is 5.78 Å². The number of nitrogens with zero attached hydrogens (tertiary/aromatic N) is 1. The van der Waals surface area contributed by atoms with Gasteiger partial charge in [-0.2, -0.15) is 0 Å². The molecule has 1 rings (SSSR count). The van der Waals surface area contributed by atoms with Gasteiger partial charge in [0.05, 0.1) is 5.69 Å². The number of anilines is 1. The highest BCUT2D eigenvalue weighted by Gasteiger charge is 2.25. The molecule has 1 aromatic carbocycles. The fourth-order valence-corrected chi connectivity index (χ4v) is 1.67. The number of Topliss-reactive ketones (excluding diaryl/α,β-unsaturated/α-hetero) is 1. The first-order chi connectivity index (χ1) is 7.04. The van der Waals surface area contributed by atoms with Gasteiger partial charge in [0.2, 0.25) is 0 Å². The van der Waals surface area contributed by atoms with Gasteiger partial charge < -0.3 is 0 Å². The summed E-state index contributed by atoms with van der Waals surface area (Å²) in [4.78, 5) is 11.4. The Morgan fingerprint density at radius 3 is 2.20 bits per heavy atom. The first-order valence-electron chi connectivity index (χ1n) is 5.07. The Morgan fingerprint density at radius 2 is 1.80 bits per heavy atom. The van der Waals surface area contributed by atoms with Gasteiger partial charge in [-0.1, -0.05) is 32.0 Å². The molecule has 0 bridgehead atoms. The lowest BCUT2D eigenvalue weighted by Crippen LogP contribution is -2.41. The predicted octanol–water partition coefficient (Wildman–Crippen LogP) is 2.50. The third-order valence-corrected chi connectivity index (χ3v) is 2.33. The van der Waals surface area contributed by atoms with E-state index in [2.05, 4.69) is 0 Å². The minimum absolute atomic E-state index is 0.0312. The van der Waals surface area contributed by atoms with Crippen molar-refractivity contribution in [2.75, 3.05) is 5.06 Å². The van der Waals surface area contributed by atoms with Crippen molar-refractivity contribution < 1.29 is 10.0 Å². The van der Waals surface area contributed by atoms with Crippen molar-refractivity contribution in [3.8, 4) is 0 Å². The molecule has 82 valence electrons. The Morgan fingerprint density at radius 1 is 1.27 bits per heavy atom. The molecule has 0 saturated carbocycles. The first kappa shape index (κ1) is 11.7. The van der Waals surface area contributed by atoms with E-state index in [1.54, 1.807) is 12.1 Å². The van der Waals surface area contributed by atoms with Crippen molar-refractivity contribution in [3.63, 3.8) is 0 Å². The number of hydroxylamine groups is 1. The van der Waals surface area contributed by atoms with E-state index in [1.165, 1.54) is 6.92 Å². The van der Waals surface area contributed by atoms with Gasteiger partial charge in [-0.3, -0.25) is 10.0 Å². The van der Waals surface area contributed by atoms with Crippen LogP contribution in [0.2, 0.25) is 0 Å². The van der Waals surface area contributed by atoms with E-state index in [0.29, 0.717) is 5.69 Å². The Labute approximate surface area is 90.3 Å². The van der Waals surface area contributed by atoms with Crippen molar-refractivity contribution >= 4 is 11.5 Å². The fraction of sp³-hybridized carbons (Fsp3) is 0.417. The fourth-order valence-electron chi connectivity index (χ4n) is 1.67. The molecule has 1 N–H and O–H groups in total. The maximum absolute atomic E-state index is 11.4. The van der Waals surface area contributed by atoms with E-state index in [0.717, 1.165) is 5.06 Å². The lowest BCUT2D eigenvalue weighted by Gasteiger charge is -2.28. The lowest BCUT2D eigenvalue weighted by atomic mass is 10.00. The van der Waals surface area contributed by atoms with Crippen LogP contribution in [0, 0.1) is 5.92 Å². The van der Waals surface area contributed by atoms with Crippen molar-refractivity contribution in [2.24, 2.45) is 5.92 Å². The van der Waals surface area contributed by atoms with Crippen molar-refractivity contribution in [1.29, 1.82) is 0 Å². The number of para-hydroxylation sites is 1. The molecule has 0 spiro atoms. The summed E-state index contributed by atoms with van der Waals surface area (Å²) in [5.74, 6) is 0.0454. The lowest BCUT2D eigenvalue weighted by molar-refractivity contribution is -0.120. The minimum Gasteiger partial charge on any atom is -0.298 e. The number of hydrogen-bond donors (Lipinski definition) is 1. The van der Waals surface area contributed by atoms with Crippen LogP contribution in [-0.4, -0.2) is 17.0 Å². The Balaban J connectivity index is 2.91. The molecule has 1 unspecified atom stereocenters. The summed E-state index contributed by atoms with van der Waals surface area (Å²) in [6.07, 6.45) is 0. The highest BCUT2D eigenvalue weighted by atomic mass is 16.5. The highest BCUT2D eigenvalue weighted by Crippen LogP contribution is 2.19. The van der Waals surface area contributed by atoms with Crippen LogP contribution < -0.4 is 5.06 Å². The number of benzene rings is 1. The monoisotopic (exact) mass is 207 g/mol. The van der Waals surface area contributed by atoms with E-state index >= 15 is 0 Å². The minimum atomic E-state index is -0.479. The Hall–Kier alpha value is -1.35. The molecule has 0 aliphatic rings. The molecule has 0 saturated heterocycles. The molecule has 0 amide bonds. The number of hydrogen-bond acceptors (Lipinski definition) is 3. The molecule has 3 heteroatoms. The predicted molar refractivity (Wildman–Crippen MR) is 60.0 cm³/mol. The van der Waals surface area contributed by atoms with Crippen LogP contribution in [0.15, 0.2) is 30.3 Å². The summed E-state index contributed by atoms with van der Waals surface area (Å²) in [7, 11) is 0. The molecule has 1 atom stereocenters. The third kappa shape index (κ3) is 2.80. The summed E-state index contributed by atoms with van der Waals surface area (Å²) < 4.78 is 0. The van der Waals surface area contributed by atoms with Gasteiger partial charge in [0.1, 0.15) is 6.04 Å².